The summed E-state index contributed by atoms with van der Waals surface area (Å²) in [5.74, 6) is -0.215. The lowest BCUT2D eigenvalue weighted by molar-refractivity contribution is 0.0955. The number of nitrogens with one attached hydrogen (secondary N) is 1. The van der Waals surface area contributed by atoms with Gasteiger partial charge in [0.05, 0.1) is 0 Å². The Morgan fingerprint density at radius 3 is 2.47 bits per heavy atom. The molecule has 2 aromatic carbocycles. The van der Waals surface area contributed by atoms with E-state index in [4.69, 9.17) is 11.6 Å². The monoisotopic (exact) mass is 272 g/mol. The molecule has 0 spiro atoms. The van der Waals surface area contributed by atoms with E-state index in [1.807, 2.05) is 42.5 Å². The second-order valence-corrected chi connectivity index (χ2v) is 4.39. The Balaban J connectivity index is 1.84. The van der Waals surface area contributed by atoms with Gasteiger partial charge < -0.3 is 0 Å². The van der Waals surface area contributed by atoms with Crippen LogP contribution in [0.4, 0.5) is 0 Å². The summed E-state index contributed by atoms with van der Waals surface area (Å²) >= 11 is 5.79. The highest BCUT2D eigenvalue weighted by molar-refractivity contribution is 6.30. The molecule has 0 bridgehead atoms. The lowest BCUT2D eigenvalue weighted by Gasteiger charge is -1.99. The van der Waals surface area contributed by atoms with Crippen LogP contribution < -0.4 is 5.43 Å². The number of hydrogen-bond acceptors (Lipinski definition) is 2. The van der Waals surface area contributed by atoms with Crippen molar-refractivity contribution in [3.05, 3.63) is 70.7 Å². The zero-order chi connectivity index (χ0) is 13.5. The van der Waals surface area contributed by atoms with E-state index in [9.17, 15) is 4.79 Å². The number of amides is 1. The van der Waals surface area contributed by atoms with Crippen LogP contribution in [-0.2, 0) is 6.42 Å². The molecule has 0 saturated carbocycles. The van der Waals surface area contributed by atoms with Crippen molar-refractivity contribution in [2.45, 2.75) is 6.42 Å². The van der Waals surface area contributed by atoms with Crippen molar-refractivity contribution in [1.29, 1.82) is 0 Å². The first-order chi connectivity index (χ1) is 9.25. The Bertz CT molecular complexity index is 564. The first kappa shape index (κ1) is 13.3. The largest absolute Gasteiger partial charge is 0.271 e. The Hall–Kier alpha value is -2.13. The maximum absolute atomic E-state index is 11.7. The minimum Gasteiger partial charge on any atom is -0.267 e. The second-order valence-electron chi connectivity index (χ2n) is 3.95. The van der Waals surface area contributed by atoms with Crippen molar-refractivity contribution < 1.29 is 4.79 Å². The zero-order valence-corrected chi connectivity index (χ0v) is 11.0. The molecule has 0 aliphatic rings. The van der Waals surface area contributed by atoms with Gasteiger partial charge in [-0.2, -0.15) is 5.10 Å². The van der Waals surface area contributed by atoms with Crippen molar-refractivity contribution in [1.82, 2.24) is 5.43 Å². The van der Waals surface area contributed by atoms with E-state index in [0.717, 1.165) is 5.56 Å². The Morgan fingerprint density at radius 2 is 1.79 bits per heavy atom. The number of carbonyl (C=O) groups is 1. The third-order valence-electron chi connectivity index (χ3n) is 2.53. The fraction of sp³-hybridized carbons (Fsp3) is 0.0667. The molecule has 4 heteroatoms. The molecule has 0 radical (unpaired) electrons. The Labute approximate surface area is 116 Å². The second kappa shape index (κ2) is 6.71. The molecule has 2 aromatic rings. The third-order valence-corrected chi connectivity index (χ3v) is 2.79. The molecule has 0 atom stereocenters. The number of benzene rings is 2. The summed E-state index contributed by atoms with van der Waals surface area (Å²) in [6.45, 7) is 0. The van der Waals surface area contributed by atoms with E-state index < -0.39 is 0 Å². The van der Waals surface area contributed by atoms with Crippen LogP contribution in [0.1, 0.15) is 15.9 Å². The summed E-state index contributed by atoms with van der Waals surface area (Å²) in [6.07, 6.45) is 2.30. The van der Waals surface area contributed by atoms with Gasteiger partial charge in [0, 0.05) is 23.2 Å². The van der Waals surface area contributed by atoms with Crippen molar-refractivity contribution in [3.63, 3.8) is 0 Å². The first-order valence-electron chi connectivity index (χ1n) is 5.87. The molecular formula is C15H13ClN2O. The molecule has 0 aliphatic carbocycles. The highest BCUT2D eigenvalue weighted by Gasteiger charge is 2.01. The van der Waals surface area contributed by atoms with Gasteiger partial charge in [-0.1, -0.05) is 41.9 Å². The van der Waals surface area contributed by atoms with Gasteiger partial charge in [0.15, 0.2) is 0 Å². The lowest BCUT2D eigenvalue weighted by atomic mass is 10.2. The van der Waals surface area contributed by atoms with Gasteiger partial charge in [0.25, 0.3) is 5.91 Å². The SMILES string of the molecule is O=C(N/N=C/Cc1ccc(Cl)cc1)c1ccccc1. The third kappa shape index (κ3) is 4.23. The van der Waals surface area contributed by atoms with Gasteiger partial charge in [0.1, 0.15) is 0 Å². The average Bonchev–Trinajstić information content (AvgIpc) is 2.46. The van der Waals surface area contributed by atoms with Gasteiger partial charge >= 0.3 is 0 Å². The van der Waals surface area contributed by atoms with Crippen molar-refractivity contribution in [2.75, 3.05) is 0 Å². The molecular weight excluding hydrogens is 260 g/mol. The van der Waals surface area contributed by atoms with E-state index in [2.05, 4.69) is 10.5 Å². The summed E-state index contributed by atoms with van der Waals surface area (Å²) < 4.78 is 0. The van der Waals surface area contributed by atoms with E-state index in [1.54, 1.807) is 18.3 Å². The highest BCUT2D eigenvalue weighted by Crippen LogP contribution is 2.09. The van der Waals surface area contributed by atoms with Crippen LogP contribution in [0.5, 0.6) is 0 Å². The molecule has 1 amide bonds. The highest BCUT2D eigenvalue weighted by atomic mass is 35.5. The Morgan fingerprint density at radius 1 is 1.11 bits per heavy atom. The van der Waals surface area contributed by atoms with Gasteiger partial charge in [-0.25, -0.2) is 5.43 Å². The molecule has 1 N–H and O–H groups in total. The average molecular weight is 273 g/mol. The first-order valence-corrected chi connectivity index (χ1v) is 6.25. The van der Waals surface area contributed by atoms with Crippen LogP contribution in [-0.4, -0.2) is 12.1 Å². The predicted octanol–water partition coefficient (Wildman–Crippen LogP) is 3.30. The summed E-state index contributed by atoms with van der Waals surface area (Å²) in [6, 6.07) is 16.5. The number of rotatable bonds is 4. The Kier molecular flexibility index (Phi) is 4.70. The van der Waals surface area contributed by atoms with Crippen LogP contribution in [0.2, 0.25) is 5.02 Å². The fourth-order valence-corrected chi connectivity index (χ4v) is 1.66. The molecule has 0 aromatic heterocycles. The van der Waals surface area contributed by atoms with E-state index >= 15 is 0 Å². The number of carbonyl (C=O) groups excluding carboxylic acids is 1. The number of hydrogen-bond donors (Lipinski definition) is 1. The minimum absolute atomic E-state index is 0.215. The van der Waals surface area contributed by atoms with Crippen molar-refractivity contribution in [2.24, 2.45) is 5.10 Å². The number of nitrogens with zero attached hydrogens (tertiary/aromatic N) is 1. The fourth-order valence-electron chi connectivity index (χ4n) is 1.53. The number of halogens is 1. The molecule has 19 heavy (non-hydrogen) atoms. The topological polar surface area (TPSA) is 41.5 Å². The van der Waals surface area contributed by atoms with Gasteiger partial charge in [-0.05, 0) is 29.8 Å². The quantitative estimate of drug-likeness (QED) is 0.673. The smallest absolute Gasteiger partial charge is 0.267 e. The van der Waals surface area contributed by atoms with Crippen LogP contribution in [0.15, 0.2) is 59.7 Å². The molecule has 0 aliphatic heterocycles. The predicted molar refractivity (Wildman–Crippen MR) is 77.6 cm³/mol. The molecule has 0 heterocycles. The van der Waals surface area contributed by atoms with Crippen LogP contribution in [0.25, 0.3) is 0 Å². The molecule has 0 saturated heterocycles. The molecule has 96 valence electrons. The van der Waals surface area contributed by atoms with Gasteiger partial charge in [-0.15, -0.1) is 0 Å². The van der Waals surface area contributed by atoms with E-state index in [-0.39, 0.29) is 5.91 Å². The van der Waals surface area contributed by atoms with Crippen LogP contribution in [0.3, 0.4) is 0 Å². The minimum atomic E-state index is -0.215. The van der Waals surface area contributed by atoms with E-state index in [1.165, 1.54) is 0 Å². The maximum atomic E-state index is 11.7. The van der Waals surface area contributed by atoms with Crippen molar-refractivity contribution >= 4 is 23.7 Å². The molecule has 0 unspecified atom stereocenters. The lowest BCUT2D eigenvalue weighted by Crippen LogP contribution is -2.17. The van der Waals surface area contributed by atoms with Gasteiger partial charge in [-0.3, -0.25) is 4.79 Å². The summed E-state index contributed by atoms with van der Waals surface area (Å²) in [5, 5.41) is 4.61. The number of hydrazone groups is 1. The molecule has 2 rings (SSSR count). The van der Waals surface area contributed by atoms with E-state index in [0.29, 0.717) is 17.0 Å². The normalized spacial score (nSPS) is 10.6. The zero-order valence-electron chi connectivity index (χ0n) is 10.2. The van der Waals surface area contributed by atoms with Crippen LogP contribution in [0, 0.1) is 0 Å². The van der Waals surface area contributed by atoms with Gasteiger partial charge in [0.2, 0.25) is 0 Å². The van der Waals surface area contributed by atoms with Crippen molar-refractivity contribution in [3.8, 4) is 0 Å². The molecule has 0 fully saturated rings. The summed E-state index contributed by atoms with van der Waals surface area (Å²) in [7, 11) is 0. The standard InChI is InChI=1S/C15H13ClN2O/c16-14-8-6-12(7-9-14)10-11-17-18-15(19)13-4-2-1-3-5-13/h1-9,11H,10H2,(H,18,19)/b17-11+. The van der Waals surface area contributed by atoms with Crippen LogP contribution >= 0.6 is 11.6 Å². The summed E-state index contributed by atoms with van der Waals surface area (Å²) in [4.78, 5) is 11.7. The summed E-state index contributed by atoms with van der Waals surface area (Å²) in [5.41, 5.74) is 4.16. The maximum Gasteiger partial charge on any atom is 0.271 e. The molecule has 3 nitrogen and oxygen atoms in total.